The van der Waals surface area contributed by atoms with Crippen LogP contribution in [-0.4, -0.2) is 29.8 Å². The molecule has 4 nitrogen and oxygen atoms in total. The zero-order valence-corrected chi connectivity index (χ0v) is 12.6. The average Bonchev–Trinajstić information content (AvgIpc) is 2.37. The fourth-order valence-electron chi connectivity index (χ4n) is 2.05. The summed E-state index contributed by atoms with van der Waals surface area (Å²) in [5.74, 6) is 0. The van der Waals surface area contributed by atoms with Crippen LogP contribution in [0.4, 0.5) is 10.5 Å². The molecule has 1 amide bonds. The molecule has 0 aliphatic carbocycles. The quantitative estimate of drug-likeness (QED) is 0.733. The van der Waals surface area contributed by atoms with Gasteiger partial charge in [0.05, 0.1) is 18.8 Å². The van der Waals surface area contributed by atoms with Crippen molar-refractivity contribution in [3.63, 3.8) is 0 Å². The first kappa shape index (κ1) is 14.4. The zero-order chi connectivity index (χ0) is 14.8. The minimum atomic E-state index is -0.492. The van der Waals surface area contributed by atoms with Crippen LogP contribution in [-0.2, 0) is 4.74 Å². The molecule has 2 rings (SSSR count). The Morgan fingerprint density at radius 1 is 1.20 bits per heavy atom. The van der Waals surface area contributed by atoms with E-state index in [1.54, 1.807) is 5.01 Å². The van der Waals surface area contributed by atoms with E-state index in [1.807, 2.05) is 63.0 Å². The van der Waals surface area contributed by atoms with Crippen LogP contribution in [0.1, 0.15) is 27.7 Å². The van der Waals surface area contributed by atoms with Crippen molar-refractivity contribution in [3.8, 4) is 0 Å². The molecule has 108 valence electrons. The molecule has 0 spiro atoms. The lowest BCUT2D eigenvalue weighted by atomic mass is 10.2. The number of hydrogen-bond acceptors (Lipinski definition) is 3. The molecule has 4 heteroatoms. The molecule has 0 aromatic heterocycles. The summed E-state index contributed by atoms with van der Waals surface area (Å²) in [6, 6.07) is 9.88. The van der Waals surface area contributed by atoms with E-state index in [-0.39, 0.29) is 6.09 Å². The molecular weight excluding hydrogens is 252 g/mol. The molecule has 0 unspecified atom stereocenters. The molecule has 0 bridgehead atoms. The van der Waals surface area contributed by atoms with Crippen molar-refractivity contribution in [1.29, 1.82) is 0 Å². The second-order valence-electron chi connectivity index (χ2n) is 6.01. The molecule has 0 N–H and O–H groups in total. The summed E-state index contributed by atoms with van der Waals surface area (Å²) >= 11 is 0. The summed E-state index contributed by atoms with van der Waals surface area (Å²) in [5, 5.41) is 3.61. The van der Waals surface area contributed by atoms with Gasteiger partial charge in [-0.15, -0.1) is 0 Å². The van der Waals surface area contributed by atoms with Gasteiger partial charge in [-0.05, 0) is 39.8 Å². The van der Waals surface area contributed by atoms with Crippen molar-refractivity contribution in [1.82, 2.24) is 5.01 Å². The number of ether oxygens (including phenoxy) is 1. The first-order chi connectivity index (χ1) is 9.37. The molecule has 0 saturated heterocycles. The summed E-state index contributed by atoms with van der Waals surface area (Å²) in [4.78, 5) is 12.4. The Kier molecular flexibility index (Phi) is 4.02. The number of nitrogens with zero attached hydrogens (tertiary/aromatic N) is 2. The van der Waals surface area contributed by atoms with Crippen molar-refractivity contribution in [2.24, 2.45) is 0 Å². The lowest BCUT2D eigenvalue weighted by molar-refractivity contribution is 0.0240. The number of carbonyl (C=O) groups excluding carboxylic acids is 1. The first-order valence-electron chi connectivity index (χ1n) is 6.85. The summed E-state index contributed by atoms with van der Waals surface area (Å²) in [5.41, 5.74) is 1.67. The van der Waals surface area contributed by atoms with Gasteiger partial charge in [0.2, 0.25) is 0 Å². The fourth-order valence-corrected chi connectivity index (χ4v) is 2.05. The molecule has 0 radical (unpaired) electrons. The maximum absolute atomic E-state index is 12.4. The van der Waals surface area contributed by atoms with E-state index in [0.29, 0.717) is 13.1 Å². The molecule has 1 aromatic rings. The summed E-state index contributed by atoms with van der Waals surface area (Å²) in [6.07, 6.45) is 1.82. The van der Waals surface area contributed by atoms with Gasteiger partial charge in [0.1, 0.15) is 5.60 Å². The highest BCUT2D eigenvalue weighted by Crippen LogP contribution is 2.22. The fraction of sp³-hybridized carbons (Fsp3) is 0.438. The van der Waals surface area contributed by atoms with Gasteiger partial charge in [-0.3, -0.25) is 5.01 Å². The maximum Gasteiger partial charge on any atom is 0.429 e. The van der Waals surface area contributed by atoms with Crippen LogP contribution < -0.4 is 5.01 Å². The van der Waals surface area contributed by atoms with Gasteiger partial charge in [-0.25, -0.2) is 9.80 Å². The van der Waals surface area contributed by atoms with Gasteiger partial charge in [0, 0.05) is 0 Å². The van der Waals surface area contributed by atoms with E-state index in [9.17, 15) is 4.79 Å². The lowest BCUT2D eigenvalue weighted by Gasteiger charge is -2.39. The van der Waals surface area contributed by atoms with Crippen molar-refractivity contribution < 1.29 is 9.53 Å². The Balaban J connectivity index is 2.23. The third-order valence-corrected chi connectivity index (χ3v) is 2.96. The van der Waals surface area contributed by atoms with E-state index < -0.39 is 5.60 Å². The minimum Gasteiger partial charge on any atom is -0.442 e. The van der Waals surface area contributed by atoms with E-state index >= 15 is 0 Å². The van der Waals surface area contributed by atoms with Gasteiger partial charge in [0.15, 0.2) is 0 Å². The molecule has 1 aliphatic heterocycles. The second kappa shape index (κ2) is 5.57. The summed E-state index contributed by atoms with van der Waals surface area (Å²) < 4.78 is 5.50. The lowest BCUT2D eigenvalue weighted by Crippen LogP contribution is -2.51. The highest BCUT2D eigenvalue weighted by Gasteiger charge is 2.29. The SMILES string of the molecule is CC1=CCN(c2ccccc2)N(C(=O)OC(C)(C)C)C1. The summed E-state index contributed by atoms with van der Waals surface area (Å²) in [7, 11) is 0. The Labute approximate surface area is 120 Å². The maximum atomic E-state index is 12.4. The molecular formula is C16H22N2O2. The van der Waals surface area contributed by atoms with Crippen LogP contribution in [0.15, 0.2) is 42.0 Å². The Morgan fingerprint density at radius 3 is 2.45 bits per heavy atom. The van der Waals surface area contributed by atoms with E-state index in [0.717, 1.165) is 5.69 Å². The smallest absolute Gasteiger partial charge is 0.429 e. The Hall–Kier alpha value is -1.97. The highest BCUT2D eigenvalue weighted by atomic mass is 16.6. The predicted octanol–water partition coefficient (Wildman–Crippen LogP) is 3.61. The largest absolute Gasteiger partial charge is 0.442 e. The van der Waals surface area contributed by atoms with E-state index in [4.69, 9.17) is 4.74 Å². The number of anilines is 1. The third kappa shape index (κ3) is 3.53. The molecule has 20 heavy (non-hydrogen) atoms. The Morgan fingerprint density at radius 2 is 1.85 bits per heavy atom. The van der Waals surface area contributed by atoms with Gasteiger partial charge >= 0.3 is 6.09 Å². The molecule has 0 atom stereocenters. The zero-order valence-electron chi connectivity index (χ0n) is 12.6. The number of hydrazine groups is 1. The number of rotatable bonds is 1. The summed E-state index contributed by atoms with van der Waals surface area (Å²) in [6.45, 7) is 8.90. The van der Waals surface area contributed by atoms with Crippen LogP contribution in [0.2, 0.25) is 0 Å². The van der Waals surface area contributed by atoms with Gasteiger partial charge in [-0.2, -0.15) is 0 Å². The molecule has 1 aromatic carbocycles. The van der Waals surface area contributed by atoms with Gasteiger partial charge in [-0.1, -0.05) is 29.8 Å². The molecule has 1 aliphatic rings. The van der Waals surface area contributed by atoms with Gasteiger partial charge < -0.3 is 4.74 Å². The van der Waals surface area contributed by atoms with Crippen molar-refractivity contribution >= 4 is 11.8 Å². The van der Waals surface area contributed by atoms with E-state index in [2.05, 4.69) is 6.08 Å². The van der Waals surface area contributed by atoms with Crippen LogP contribution in [0.25, 0.3) is 0 Å². The molecule has 0 saturated carbocycles. The topological polar surface area (TPSA) is 32.8 Å². The minimum absolute atomic E-state index is 0.311. The highest BCUT2D eigenvalue weighted by molar-refractivity contribution is 5.72. The predicted molar refractivity (Wildman–Crippen MR) is 80.5 cm³/mol. The normalized spacial score (nSPS) is 15.9. The Bertz CT molecular complexity index is 503. The number of para-hydroxylation sites is 1. The van der Waals surface area contributed by atoms with Crippen molar-refractivity contribution in [2.75, 3.05) is 18.1 Å². The van der Waals surface area contributed by atoms with Crippen LogP contribution in [0.5, 0.6) is 0 Å². The number of carbonyl (C=O) groups is 1. The van der Waals surface area contributed by atoms with E-state index in [1.165, 1.54) is 5.57 Å². The molecule has 0 fully saturated rings. The third-order valence-electron chi connectivity index (χ3n) is 2.96. The second-order valence-corrected chi connectivity index (χ2v) is 6.01. The van der Waals surface area contributed by atoms with Crippen LogP contribution >= 0.6 is 0 Å². The number of amides is 1. The number of benzene rings is 1. The van der Waals surface area contributed by atoms with Gasteiger partial charge in [0.25, 0.3) is 0 Å². The van der Waals surface area contributed by atoms with Crippen molar-refractivity contribution in [3.05, 3.63) is 42.0 Å². The average molecular weight is 274 g/mol. The number of hydrogen-bond donors (Lipinski definition) is 0. The molecule has 1 heterocycles. The van der Waals surface area contributed by atoms with Crippen LogP contribution in [0, 0.1) is 0 Å². The van der Waals surface area contributed by atoms with Crippen molar-refractivity contribution in [2.45, 2.75) is 33.3 Å². The standard InChI is InChI=1S/C16H22N2O2/c1-13-10-11-17(14-8-6-5-7-9-14)18(12-13)15(19)20-16(2,3)4/h5-10H,11-12H2,1-4H3. The van der Waals surface area contributed by atoms with Crippen LogP contribution in [0.3, 0.4) is 0 Å². The monoisotopic (exact) mass is 274 g/mol. The first-order valence-corrected chi connectivity index (χ1v) is 6.85.